The average molecular weight is 301 g/mol. The van der Waals surface area contributed by atoms with Gasteiger partial charge in [-0.2, -0.15) is 0 Å². The number of ether oxygens (including phenoxy) is 1. The molecule has 1 rings (SSSR count). The van der Waals surface area contributed by atoms with Gasteiger partial charge in [0.1, 0.15) is 0 Å². The summed E-state index contributed by atoms with van der Waals surface area (Å²) in [7, 11) is 3.75. The van der Waals surface area contributed by atoms with Crippen LogP contribution in [0.2, 0.25) is 0 Å². The molecule has 0 aromatic carbocycles. The van der Waals surface area contributed by atoms with Crippen molar-refractivity contribution < 1.29 is 4.74 Å². The molecule has 0 fully saturated rings. The fourth-order valence-electron chi connectivity index (χ4n) is 1.96. The van der Waals surface area contributed by atoms with E-state index < -0.39 is 0 Å². The van der Waals surface area contributed by atoms with Gasteiger partial charge in [0.05, 0.1) is 5.60 Å². The Hall–Kier alpha value is -0.450. The highest BCUT2D eigenvalue weighted by atomic mass is 79.9. The van der Waals surface area contributed by atoms with Gasteiger partial charge in [-0.25, -0.2) is 0 Å². The lowest BCUT2D eigenvalue weighted by atomic mass is 9.89. The van der Waals surface area contributed by atoms with E-state index in [1.807, 2.05) is 13.2 Å². The molecule has 0 amide bonds. The van der Waals surface area contributed by atoms with E-state index >= 15 is 0 Å². The van der Waals surface area contributed by atoms with Crippen LogP contribution in [-0.2, 0) is 11.2 Å². The highest BCUT2D eigenvalue weighted by Gasteiger charge is 2.31. The van der Waals surface area contributed by atoms with E-state index in [4.69, 9.17) is 4.74 Å². The number of hydrogen-bond acceptors (Lipinski definition) is 3. The number of aromatic nitrogens is 1. The van der Waals surface area contributed by atoms with Gasteiger partial charge >= 0.3 is 0 Å². The first-order chi connectivity index (χ1) is 8.05. The average Bonchev–Trinajstić information content (AvgIpc) is 2.35. The molecule has 1 aromatic heterocycles. The molecular weight excluding hydrogens is 280 g/mol. The Morgan fingerprint density at radius 2 is 2.24 bits per heavy atom. The van der Waals surface area contributed by atoms with Gasteiger partial charge in [-0.05, 0) is 54.4 Å². The zero-order chi connectivity index (χ0) is 12.9. The van der Waals surface area contributed by atoms with Crippen molar-refractivity contribution in [3.63, 3.8) is 0 Å². The largest absolute Gasteiger partial charge is 0.377 e. The highest BCUT2D eigenvalue weighted by molar-refractivity contribution is 9.10. The van der Waals surface area contributed by atoms with E-state index in [0.717, 1.165) is 17.3 Å². The summed E-state index contributed by atoms with van der Waals surface area (Å²) in [5.41, 5.74) is 1.05. The van der Waals surface area contributed by atoms with Gasteiger partial charge in [0.2, 0.25) is 0 Å². The van der Waals surface area contributed by atoms with E-state index in [1.165, 1.54) is 5.56 Å². The minimum Gasteiger partial charge on any atom is -0.377 e. The predicted molar refractivity (Wildman–Crippen MR) is 74.2 cm³/mol. The number of halogens is 1. The Balaban J connectivity index is 2.83. The molecule has 2 unspecified atom stereocenters. The van der Waals surface area contributed by atoms with Gasteiger partial charge in [0.15, 0.2) is 0 Å². The van der Waals surface area contributed by atoms with Gasteiger partial charge in [0.25, 0.3) is 0 Å². The maximum Gasteiger partial charge on any atom is 0.0803 e. The zero-order valence-electron chi connectivity index (χ0n) is 11.0. The van der Waals surface area contributed by atoms with Gasteiger partial charge in [0, 0.05) is 30.0 Å². The molecule has 0 spiro atoms. The molecule has 1 aromatic rings. The zero-order valence-corrected chi connectivity index (χ0v) is 12.5. The number of likely N-dealkylation sites (N-methyl/N-ethyl adjacent to an activating group) is 1. The first-order valence-electron chi connectivity index (χ1n) is 5.87. The summed E-state index contributed by atoms with van der Waals surface area (Å²) in [6, 6.07) is 2.37. The van der Waals surface area contributed by atoms with Crippen molar-refractivity contribution in [1.82, 2.24) is 10.3 Å². The molecule has 17 heavy (non-hydrogen) atoms. The molecule has 0 aliphatic carbocycles. The topological polar surface area (TPSA) is 34.1 Å². The van der Waals surface area contributed by atoms with Gasteiger partial charge in [-0.15, -0.1) is 0 Å². The van der Waals surface area contributed by atoms with Crippen molar-refractivity contribution in [2.24, 2.45) is 0 Å². The Bertz CT molecular complexity index is 353. The smallest absolute Gasteiger partial charge is 0.0803 e. The molecule has 96 valence electrons. The lowest BCUT2D eigenvalue weighted by Gasteiger charge is -2.35. The first kappa shape index (κ1) is 14.6. The maximum atomic E-state index is 5.65. The number of rotatable bonds is 6. The van der Waals surface area contributed by atoms with E-state index in [0.29, 0.717) is 0 Å². The van der Waals surface area contributed by atoms with Crippen LogP contribution in [0.15, 0.2) is 22.9 Å². The van der Waals surface area contributed by atoms with Crippen LogP contribution in [0, 0.1) is 0 Å². The third-order valence-electron chi connectivity index (χ3n) is 3.46. The minimum atomic E-state index is -0.156. The van der Waals surface area contributed by atoms with Crippen LogP contribution in [0.4, 0.5) is 0 Å². The van der Waals surface area contributed by atoms with Crippen molar-refractivity contribution in [2.75, 3.05) is 14.2 Å². The van der Waals surface area contributed by atoms with Gasteiger partial charge in [-0.1, -0.05) is 6.92 Å². The summed E-state index contributed by atoms with van der Waals surface area (Å²) in [5, 5.41) is 3.34. The monoisotopic (exact) mass is 300 g/mol. The molecule has 1 N–H and O–H groups in total. The van der Waals surface area contributed by atoms with E-state index in [-0.39, 0.29) is 11.6 Å². The summed E-state index contributed by atoms with van der Waals surface area (Å²) in [6.07, 6.45) is 5.58. The quantitative estimate of drug-likeness (QED) is 0.877. The third-order valence-corrected chi connectivity index (χ3v) is 3.89. The Morgan fingerprint density at radius 1 is 1.53 bits per heavy atom. The summed E-state index contributed by atoms with van der Waals surface area (Å²) in [6.45, 7) is 4.28. The first-order valence-corrected chi connectivity index (χ1v) is 6.67. The SMILES string of the molecule is CCC(C)(OC)C(Cc1cncc(Br)c1)NC. The molecule has 3 nitrogen and oxygen atoms in total. The van der Waals surface area contributed by atoms with E-state index in [1.54, 1.807) is 13.3 Å². The molecule has 2 atom stereocenters. The normalized spacial score (nSPS) is 16.5. The number of hydrogen-bond donors (Lipinski definition) is 1. The molecule has 0 aliphatic heterocycles. The second-order valence-corrected chi connectivity index (χ2v) is 5.34. The van der Waals surface area contributed by atoms with Crippen LogP contribution in [0.3, 0.4) is 0 Å². The van der Waals surface area contributed by atoms with E-state index in [2.05, 4.69) is 46.1 Å². The summed E-state index contributed by atoms with van der Waals surface area (Å²) < 4.78 is 6.66. The molecule has 4 heteroatoms. The van der Waals surface area contributed by atoms with Crippen LogP contribution in [0.5, 0.6) is 0 Å². The fraction of sp³-hybridized carbons (Fsp3) is 0.615. The predicted octanol–water partition coefficient (Wildman–Crippen LogP) is 2.79. The molecule has 0 saturated carbocycles. The Kier molecular flexibility index (Phi) is 5.56. The molecule has 0 radical (unpaired) electrons. The molecule has 1 heterocycles. The highest BCUT2D eigenvalue weighted by Crippen LogP contribution is 2.22. The van der Waals surface area contributed by atoms with Crippen molar-refractivity contribution in [3.8, 4) is 0 Å². The summed E-state index contributed by atoms with van der Waals surface area (Å²) >= 11 is 3.44. The number of pyridine rings is 1. The Labute approximate surface area is 112 Å². The van der Waals surface area contributed by atoms with Crippen molar-refractivity contribution in [1.29, 1.82) is 0 Å². The maximum absolute atomic E-state index is 5.65. The lowest BCUT2D eigenvalue weighted by Crippen LogP contribution is -2.49. The van der Waals surface area contributed by atoms with Gasteiger partial charge in [-0.3, -0.25) is 4.98 Å². The lowest BCUT2D eigenvalue weighted by molar-refractivity contribution is -0.0268. The van der Waals surface area contributed by atoms with Crippen LogP contribution >= 0.6 is 15.9 Å². The van der Waals surface area contributed by atoms with Gasteiger partial charge < -0.3 is 10.1 Å². The van der Waals surface area contributed by atoms with Crippen LogP contribution < -0.4 is 5.32 Å². The molecular formula is C13H21BrN2O. The fourth-order valence-corrected chi connectivity index (χ4v) is 2.37. The van der Waals surface area contributed by atoms with Crippen LogP contribution in [-0.4, -0.2) is 30.8 Å². The molecule has 0 bridgehead atoms. The standard InChI is InChI=1S/C13H21BrN2O/c1-5-13(2,17-4)12(15-3)7-10-6-11(14)9-16-8-10/h6,8-9,12,15H,5,7H2,1-4H3. The van der Waals surface area contributed by atoms with Crippen LogP contribution in [0.25, 0.3) is 0 Å². The number of nitrogens with one attached hydrogen (secondary N) is 1. The summed E-state index contributed by atoms with van der Waals surface area (Å²) in [5.74, 6) is 0. The number of nitrogens with zero attached hydrogens (tertiary/aromatic N) is 1. The molecule has 0 aliphatic rings. The minimum absolute atomic E-state index is 0.156. The molecule has 0 saturated heterocycles. The van der Waals surface area contributed by atoms with E-state index in [9.17, 15) is 0 Å². The third kappa shape index (κ3) is 3.76. The van der Waals surface area contributed by atoms with Crippen molar-refractivity contribution >= 4 is 15.9 Å². The summed E-state index contributed by atoms with van der Waals surface area (Å²) in [4.78, 5) is 4.19. The Morgan fingerprint density at radius 3 is 2.71 bits per heavy atom. The van der Waals surface area contributed by atoms with Crippen molar-refractivity contribution in [3.05, 3.63) is 28.5 Å². The number of methoxy groups -OCH3 is 1. The second kappa shape index (κ2) is 6.47. The van der Waals surface area contributed by atoms with Crippen LogP contribution in [0.1, 0.15) is 25.8 Å². The van der Waals surface area contributed by atoms with Crippen molar-refractivity contribution in [2.45, 2.75) is 38.3 Å². The second-order valence-electron chi connectivity index (χ2n) is 4.43.